The first kappa shape index (κ1) is 20.3. The smallest absolute Gasteiger partial charge is 0.325 e. The van der Waals surface area contributed by atoms with E-state index >= 15 is 0 Å². The van der Waals surface area contributed by atoms with Gasteiger partial charge in [0.25, 0.3) is 11.6 Å². The predicted octanol–water partition coefficient (Wildman–Crippen LogP) is 2.65. The van der Waals surface area contributed by atoms with E-state index in [1.807, 2.05) is 0 Å². The molecule has 0 bridgehead atoms. The van der Waals surface area contributed by atoms with Crippen molar-refractivity contribution in [3.8, 4) is 11.5 Å². The minimum Gasteiger partial charge on any atom is -0.468 e. The number of thiazole rings is 1. The van der Waals surface area contributed by atoms with E-state index in [4.69, 9.17) is 14.2 Å². The molecule has 4 rings (SSSR count). The Morgan fingerprint density at radius 1 is 1.26 bits per heavy atom. The largest absolute Gasteiger partial charge is 0.468 e. The first-order valence-electron chi connectivity index (χ1n) is 8.95. The molecule has 158 valence electrons. The molecule has 0 spiro atoms. The van der Waals surface area contributed by atoms with Crippen LogP contribution in [0.1, 0.15) is 5.56 Å². The second kappa shape index (κ2) is 8.40. The minimum absolute atomic E-state index is 0.0976. The van der Waals surface area contributed by atoms with Crippen LogP contribution in [0, 0.1) is 10.1 Å². The van der Waals surface area contributed by atoms with Gasteiger partial charge >= 0.3 is 5.97 Å². The number of carbonyl (C=O) groups is 2. The first-order chi connectivity index (χ1) is 14.9. The summed E-state index contributed by atoms with van der Waals surface area (Å²) < 4.78 is 17.3. The van der Waals surface area contributed by atoms with Gasteiger partial charge in [-0.2, -0.15) is 4.99 Å². The molecule has 0 N–H and O–H groups in total. The summed E-state index contributed by atoms with van der Waals surface area (Å²) >= 11 is 1.07. The van der Waals surface area contributed by atoms with Crippen molar-refractivity contribution in [3.63, 3.8) is 0 Å². The molecule has 2 heterocycles. The van der Waals surface area contributed by atoms with Crippen LogP contribution < -0.4 is 14.3 Å². The summed E-state index contributed by atoms with van der Waals surface area (Å²) in [5.41, 5.74) is 1.16. The highest BCUT2D eigenvalue weighted by molar-refractivity contribution is 7.16. The molecule has 0 radical (unpaired) electrons. The number of esters is 1. The fraction of sp³-hybridized carbons (Fsp3) is 0.150. The summed E-state index contributed by atoms with van der Waals surface area (Å²) in [4.78, 5) is 39.1. The number of nitro benzene ring substituents is 1. The zero-order valence-electron chi connectivity index (χ0n) is 16.1. The van der Waals surface area contributed by atoms with E-state index in [9.17, 15) is 19.7 Å². The molecular weight excluding hydrogens is 426 g/mol. The second-order valence-electron chi connectivity index (χ2n) is 6.35. The highest BCUT2D eigenvalue weighted by Crippen LogP contribution is 2.32. The molecule has 11 heteroatoms. The average Bonchev–Trinajstić information content (AvgIpc) is 3.35. The Labute approximate surface area is 178 Å². The minimum atomic E-state index is -0.558. The van der Waals surface area contributed by atoms with E-state index < -0.39 is 16.8 Å². The van der Waals surface area contributed by atoms with Crippen LogP contribution in [-0.2, 0) is 20.9 Å². The number of non-ortho nitro benzene ring substituents is 1. The van der Waals surface area contributed by atoms with Crippen molar-refractivity contribution in [2.75, 3.05) is 13.9 Å². The molecule has 0 saturated carbocycles. The lowest BCUT2D eigenvalue weighted by molar-refractivity contribution is -0.384. The summed E-state index contributed by atoms with van der Waals surface area (Å²) in [7, 11) is 1.25. The molecule has 1 amide bonds. The number of carbonyl (C=O) groups excluding carboxylic acids is 2. The lowest BCUT2D eigenvalue weighted by Crippen LogP contribution is -2.22. The van der Waals surface area contributed by atoms with Gasteiger partial charge in [0.2, 0.25) is 6.79 Å². The molecule has 0 fully saturated rings. The topological polar surface area (TPSA) is 122 Å². The van der Waals surface area contributed by atoms with Gasteiger partial charge in [0.05, 0.1) is 22.2 Å². The van der Waals surface area contributed by atoms with Crippen LogP contribution in [0.2, 0.25) is 0 Å². The Morgan fingerprint density at radius 3 is 2.84 bits per heavy atom. The summed E-state index contributed by atoms with van der Waals surface area (Å²) in [6, 6.07) is 9.47. The fourth-order valence-electron chi connectivity index (χ4n) is 2.92. The molecular formula is C20H15N3O7S. The lowest BCUT2D eigenvalue weighted by Gasteiger charge is -2.03. The predicted molar refractivity (Wildman–Crippen MR) is 111 cm³/mol. The monoisotopic (exact) mass is 441 g/mol. The number of methoxy groups -OCH3 is 1. The third kappa shape index (κ3) is 4.31. The van der Waals surface area contributed by atoms with Gasteiger partial charge in [0, 0.05) is 18.2 Å². The van der Waals surface area contributed by atoms with E-state index in [1.54, 1.807) is 24.3 Å². The highest BCUT2D eigenvalue weighted by Gasteiger charge is 2.15. The standard InChI is InChI=1S/C20H15N3O7S/c1-28-19(25)10-22-14-5-4-13(23(26)27)9-17(14)31-20(22)21-18(24)7-3-12-2-6-15-16(8-12)30-11-29-15/h2-9H,10-11H2,1H3/b7-3-,21-20?. The summed E-state index contributed by atoms with van der Waals surface area (Å²) in [5, 5.41) is 11.1. The number of fused-ring (bicyclic) bond motifs is 2. The van der Waals surface area contributed by atoms with E-state index in [0.29, 0.717) is 21.7 Å². The third-order valence-electron chi connectivity index (χ3n) is 4.41. The van der Waals surface area contributed by atoms with E-state index in [2.05, 4.69) is 4.99 Å². The number of hydrogen-bond acceptors (Lipinski definition) is 8. The molecule has 1 aliphatic rings. The number of benzene rings is 2. The normalized spacial score (nSPS) is 13.1. The first-order valence-corrected chi connectivity index (χ1v) is 9.77. The number of rotatable bonds is 5. The van der Waals surface area contributed by atoms with Crippen LogP contribution in [-0.4, -0.2) is 35.3 Å². The zero-order chi connectivity index (χ0) is 22.0. The third-order valence-corrected chi connectivity index (χ3v) is 5.45. The van der Waals surface area contributed by atoms with Gasteiger partial charge in [-0.1, -0.05) is 17.4 Å². The summed E-state index contributed by atoms with van der Waals surface area (Å²) in [6.07, 6.45) is 2.86. The van der Waals surface area contributed by atoms with Gasteiger partial charge in [0.15, 0.2) is 16.3 Å². The molecule has 1 aliphatic heterocycles. The Morgan fingerprint density at radius 2 is 2.06 bits per heavy atom. The molecule has 0 atom stereocenters. The number of ether oxygens (including phenoxy) is 3. The molecule has 0 aliphatic carbocycles. The zero-order valence-corrected chi connectivity index (χ0v) is 17.0. The molecule has 2 aromatic carbocycles. The van der Waals surface area contributed by atoms with E-state index in [1.165, 1.54) is 36.0 Å². The molecule has 10 nitrogen and oxygen atoms in total. The van der Waals surface area contributed by atoms with Gasteiger partial charge < -0.3 is 18.8 Å². The van der Waals surface area contributed by atoms with Crippen LogP contribution in [0.25, 0.3) is 16.3 Å². The van der Waals surface area contributed by atoms with Crippen molar-refractivity contribution >= 4 is 45.2 Å². The van der Waals surface area contributed by atoms with Gasteiger partial charge in [-0.05, 0) is 29.8 Å². The van der Waals surface area contributed by atoms with Crippen LogP contribution in [0.15, 0.2) is 47.5 Å². The SMILES string of the molecule is COC(=O)Cn1c(=NC(=O)/C=C\c2ccc3c(c2)OCO3)sc2cc([N+](=O)[O-])ccc21. The quantitative estimate of drug-likeness (QED) is 0.258. The molecule has 3 aromatic rings. The van der Waals surface area contributed by atoms with Crippen LogP contribution in [0.3, 0.4) is 0 Å². The van der Waals surface area contributed by atoms with Crippen LogP contribution in [0.4, 0.5) is 5.69 Å². The van der Waals surface area contributed by atoms with Crippen molar-refractivity contribution in [1.82, 2.24) is 4.57 Å². The summed E-state index contributed by atoms with van der Waals surface area (Å²) in [5.74, 6) is 0.130. The van der Waals surface area contributed by atoms with E-state index in [-0.39, 0.29) is 23.8 Å². The Balaban J connectivity index is 1.69. The Kier molecular flexibility index (Phi) is 5.50. The Bertz CT molecular complexity index is 1310. The van der Waals surface area contributed by atoms with Crippen molar-refractivity contribution in [1.29, 1.82) is 0 Å². The number of nitrogens with zero attached hydrogens (tertiary/aromatic N) is 3. The molecule has 31 heavy (non-hydrogen) atoms. The van der Waals surface area contributed by atoms with Crippen LogP contribution in [0.5, 0.6) is 11.5 Å². The van der Waals surface area contributed by atoms with Crippen molar-refractivity contribution in [2.24, 2.45) is 4.99 Å². The van der Waals surface area contributed by atoms with Gasteiger partial charge in [0.1, 0.15) is 6.54 Å². The number of amides is 1. The number of aromatic nitrogens is 1. The maximum Gasteiger partial charge on any atom is 0.325 e. The lowest BCUT2D eigenvalue weighted by atomic mass is 10.2. The van der Waals surface area contributed by atoms with E-state index in [0.717, 1.165) is 16.9 Å². The van der Waals surface area contributed by atoms with Crippen molar-refractivity contribution in [2.45, 2.75) is 6.54 Å². The molecule has 1 aromatic heterocycles. The van der Waals surface area contributed by atoms with Crippen molar-refractivity contribution < 1.29 is 28.7 Å². The van der Waals surface area contributed by atoms with Crippen molar-refractivity contribution in [3.05, 3.63) is 63.0 Å². The number of nitro groups is 1. The summed E-state index contributed by atoms with van der Waals surface area (Å²) in [6.45, 7) is -0.0344. The highest BCUT2D eigenvalue weighted by atomic mass is 32.1. The maximum atomic E-state index is 12.4. The number of hydrogen-bond donors (Lipinski definition) is 0. The van der Waals surface area contributed by atoms with Gasteiger partial charge in [-0.15, -0.1) is 0 Å². The van der Waals surface area contributed by atoms with Gasteiger partial charge in [-0.25, -0.2) is 0 Å². The van der Waals surface area contributed by atoms with Crippen LogP contribution >= 0.6 is 11.3 Å². The Hall–Kier alpha value is -3.99. The average molecular weight is 441 g/mol. The maximum absolute atomic E-state index is 12.4. The second-order valence-corrected chi connectivity index (χ2v) is 7.36. The fourth-order valence-corrected chi connectivity index (χ4v) is 3.99. The molecule has 0 saturated heterocycles. The molecule has 0 unspecified atom stereocenters. The van der Waals surface area contributed by atoms with Gasteiger partial charge in [-0.3, -0.25) is 19.7 Å².